The Morgan fingerprint density at radius 1 is 0.860 bits per heavy atom. The van der Waals surface area contributed by atoms with Crippen molar-refractivity contribution < 1.29 is 27.5 Å². The molecule has 0 aliphatic carbocycles. The number of benzene rings is 4. The number of hydrogen-bond acceptors (Lipinski definition) is 6. The van der Waals surface area contributed by atoms with Crippen LogP contribution in [0.25, 0.3) is 0 Å². The number of nitrogens with one attached hydrogen (secondary N) is 2. The molecule has 2 amide bonds. The number of carbonyl (C=O) groups is 2. The van der Waals surface area contributed by atoms with Gasteiger partial charge in [-0.25, -0.2) is 8.42 Å². The van der Waals surface area contributed by atoms with E-state index in [1.54, 1.807) is 62.8 Å². The molecule has 224 valence electrons. The summed E-state index contributed by atoms with van der Waals surface area (Å²) in [7, 11) is -1.01. The number of methoxy groups -OCH3 is 2. The highest BCUT2D eigenvalue weighted by Crippen LogP contribution is 2.28. The Kier molecular flexibility index (Phi) is 10.3. The summed E-state index contributed by atoms with van der Waals surface area (Å²) < 4.78 is 38.9. The Bertz CT molecular complexity index is 1710. The van der Waals surface area contributed by atoms with Crippen molar-refractivity contribution in [1.29, 1.82) is 0 Å². The van der Waals surface area contributed by atoms with Crippen LogP contribution in [0, 0.1) is 6.92 Å². The Hall–Kier alpha value is -4.54. The molecule has 0 aromatic heterocycles. The molecule has 0 radical (unpaired) electrons. The van der Waals surface area contributed by atoms with Crippen molar-refractivity contribution in [3.05, 3.63) is 113 Å². The molecular weight excluding hydrogens is 590 g/mol. The van der Waals surface area contributed by atoms with Gasteiger partial charge in [0, 0.05) is 11.6 Å². The topological polar surface area (TPSA) is 114 Å². The summed E-state index contributed by atoms with van der Waals surface area (Å²) in [5.74, 6) is 0.198. The first-order chi connectivity index (χ1) is 20.6. The molecule has 0 spiro atoms. The predicted molar refractivity (Wildman–Crippen MR) is 168 cm³/mol. The third-order valence-electron chi connectivity index (χ3n) is 6.57. The number of aryl methyl sites for hydroxylation is 1. The van der Waals surface area contributed by atoms with Crippen molar-refractivity contribution in [2.24, 2.45) is 0 Å². The summed E-state index contributed by atoms with van der Waals surface area (Å²) in [6.07, 6.45) is 0.536. The molecule has 0 saturated carbocycles. The van der Waals surface area contributed by atoms with Gasteiger partial charge in [0.2, 0.25) is 5.91 Å². The van der Waals surface area contributed by atoms with Gasteiger partial charge >= 0.3 is 0 Å². The van der Waals surface area contributed by atoms with E-state index in [2.05, 4.69) is 10.6 Å². The molecular formula is C32H32ClN3O6S. The molecule has 0 aliphatic rings. The minimum Gasteiger partial charge on any atom is -0.493 e. The van der Waals surface area contributed by atoms with Gasteiger partial charge in [-0.2, -0.15) is 0 Å². The zero-order chi connectivity index (χ0) is 31.0. The number of hydrogen-bond donors (Lipinski definition) is 2. The second-order valence-electron chi connectivity index (χ2n) is 9.59. The number of sulfonamides is 1. The van der Waals surface area contributed by atoms with E-state index in [0.29, 0.717) is 35.2 Å². The van der Waals surface area contributed by atoms with Crippen molar-refractivity contribution in [3.8, 4) is 11.5 Å². The van der Waals surface area contributed by atoms with Crippen LogP contribution in [0.2, 0.25) is 5.02 Å². The van der Waals surface area contributed by atoms with Gasteiger partial charge in [-0.05, 0) is 85.1 Å². The lowest BCUT2D eigenvalue weighted by atomic mass is 10.1. The molecule has 43 heavy (non-hydrogen) atoms. The molecule has 2 N–H and O–H groups in total. The molecule has 0 saturated heterocycles. The number of halogens is 1. The normalized spacial score (nSPS) is 11.0. The van der Waals surface area contributed by atoms with Gasteiger partial charge in [0.1, 0.15) is 6.54 Å². The molecule has 0 atom stereocenters. The SMILES string of the molecule is COc1ccc(CCNC(=O)c2ccccc2NC(=O)CN(c2cccc(C)c2)S(=O)(=O)c2ccc(Cl)cc2)cc1OC. The second kappa shape index (κ2) is 14.1. The first kappa shape index (κ1) is 31.4. The largest absolute Gasteiger partial charge is 0.493 e. The number of ether oxygens (including phenoxy) is 2. The van der Waals surface area contributed by atoms with Crippen molar-refractivity contribution in [2.75, 3.05) is 36.9 Å². The highest BCUT2D eigenvalue weighted by atomic mass is 35.5. The van der Waals surface area contributed by atoms with Crippen LogP contribution in [0.3, 0.4) is 0 Å². The Morgan fingerprint density at radius 3 is 2.28 bits per heavy atom. The number of carbonyl (C=O) groups excluding carboxylic acids is 2. The molecule has 0 aliphatic heterocycles. The fourth-order valence-corrected chi connectivity index (χ4v) is 5.93. The molecule has 4 aromatic rings. The summed E-state index contributed by atoms with van der Waals surface area (Å²) in [5.41, 5.74) is 2.59. The van der Waals surface area contributed by atoms with Crippen LogP contribution in [-0.4, -0.2) is 47.5 Å². The van der Waals surface area contributed by atoms with Crippen molar-refractivity contribution in [2.45, 2.75) is 18.2 Å². The third-order valence-corrected chi connectivity index (χ3v) is 8.61. The van der Waals surface area contributed by atoms with Crippen LogP contribution in [-0.2, 0) is 21.2 Å². The Morgan fingerprint density at radius 2 is 1.58 bits per heavy atom. The molecule has 0 fully saturated rings. The zero-order valence-electron chi connectivity index (χ0n) is 24.0. The van der Waals surface area contributed by atoms with E-state index in [9.17, 15) is 18.0 Å². The maximum atomic E-state index is 13.7. The fourth-order valence-electron chi connectivity index (χ4n) is 4.39. The van der Waals surface area contributed by atoms with Gasteiger partial charge in [0.15, 0.2) is 11.5 Å². The van der Waals surface area contributed by atoms with Crippen LogP contribution < -0.4 is 24.4 Å². The van der Waals surface area contributed by atoms with E-state index in [0.717, 1.165) is 15.4 Å². The summed E-state index contributed by atoms with van der Waals surface area (Å²) in [5, 5.41) is 5.97. The molecule has 0 bridgehead atoms. The van der Waals surface area contributed by atoms with E-state index in [1.807, 2.05) is 25.1 Å². The number of rotatable bonds is 12. The number of amides is 2. The van der Waals surface area contributed by atoms with Crippen LogP contribution in [0.1, 0.15) is 21.5 Å². The maximum absolute atomic E-state index is 13.7. The smallest absolute Gasteiger partial charge is 0.264 e. The summed E-state index contributed by atoms with van der Waals surface area (Å²) >= 11 is 5.97. The number of nitrogens with zero attached hydrogens (tertiary/aromatic N) is 1. The van der Waals surface area contributed by atoms with E-state index in [4.69, 9.17) is 21.1 Å². The van der Waals surface area contributed by atoms with Crippen molar-refractivity contribution in [3.63, 3.8) is 0 Å². The monoisotopic (exact) mass is 621 g/mol. The van der Waals surface area contributed by atoms with Crippen LogP contribution in [0.5, 0.6) is 11.5 Å². The Balaban J connectivity index is 1.49. The lowest BCUT2D eigenvalue weighted by Gasteiger charge is -2.24. The third kappa shape index (κ3) is 7.85. The Labute approximate surface area is 256 Å². The van der Waals surface area contributed by atoms with Gasteiger partial charge in [0.25, 0.3) is 15.9 Å². The van der Waals surface area contributed by atoms with Crippen molar-refractivity contribution >= 4 is 44.8 Å². The fraction of sp³-hybridized carbons (Fsp3) is 0.188. The average Bonchev–Trinajstić information content (AvgIpc) is 3.00. The zero-order valence-corrected chi connectivity index (χ0v) is 25.5. The average molecular weight is 622 g/mol. The lowest BCUT2D eigenvalue weighted by molar-refractivity contribution is -0.114. The van der Waals surface area contributed by atoms with Crippen molar-refractivity contribution in [1.82, 2.24) is 5.32 Å². The van der Waals surface area contributed by atoms with Gasteiger partial charge in [-0.15, -0.1) is 0 Å². The van der Waals surface area contributed by atoms with Gasteiger partial charge in [0.05, 0.1) is 36.1 Å². The molecule has 4 rings (SSSR count). The molecule has 4 aromatic carbocycles. The number of anilines is 2. The van der Waals surface area contributed by atoms with Crippen LogP contribution >= 0.6 is 11.6 Å². The lowest BCUT2D eigenvalue weighted by Crippen LogP contribution is -2.38. The first-order valence-corrected chi connectivity index (χ1v) is 15.2. The molecule has 9 nitrogen and oxygen atoms in total. The summed E-state index contributed by atoms with van der Waals surface area (Å²) in [4.78, 5) is 26.4. The van der Waals surface area contributed by atoms with Gasteiger partial charge in [-0.3, -0.25) is 13.9 Å². The van der Waals surface area contributed by atoms with E-state index >= 15 is 0 Å². The van der Waals surface area contributed by atoms with E-state index in [-0.39, 0.29) is 22.1 Å². The minimum atomic E-state index is -4.13. The second-order valence-corrected chi connectivity index (χ2v) is 11.9. The summed E-state index contributed by atoms with van der Waals surface area (Å²) in [6.45, 7) is 1.64. The quantitative estimate of drug-likeness (QED) is 0.217. The molecule has 11 heteroatoms. The van der Waals surface area contributed by atoms with Crippen LogP contribution in [0.15, 0.2) is 95.9 Å². The predicted octanol–water partition coefficient (Wildman–Crippen LogP) is 5.47. The standard InChI is InChI=1S/C32H32ClN3O6S/c1-22-7-6-8-25(19-22)36(43(39,40)26-14-12-24(33)13-15-26)21-31(37)35-28-10-5-4-9-27(28)32(38)34-18-17-23-11-16-29(41-2)30(20-23)42-3/h4-16,19-20H,17-18,21H2,1-3H3,(H,34,38)(H,35,37). The number of para-hydroxylation sites is 1. The minimum absolute atomic E-state index is 0.0135. The van der Waals surface area contributed by atoms with Gasteiger partial charge < -0.3 is 20.1 Å². The van der Waals surface area contributed by atoms with E-state index < -0.39 is 22.5 Å². The van der Waals surface area contributed by atoms with Gasteiger partial charge in [-0.1, -0.05) is 41.9 Å². The van der Waals surface area contributed by atoms with Crippen LogP contribution in [0.4, 0.5) is 11.4 Å². The maximum Gasteiger partial charge on any atom is 0.264 e. The summed E-state index contributed by atoms with van der Waals surface area (Å²) in [6, 6.07) is 24.6. The first-order valence-electron chi connectivity index (χ1n) is 13.4. The molecule has 0 heterocycles. The van der Waals surface area contributed by atoms with E-state index in [1.165, 1.54) is 24.3 Å². The highest BCUT2D eigenvalue weighted by Gasteiger charge is 2.28. The molecule has 0 unspecified atom stereocenters. The highest BCUT2D eigenvalue weighted by molar-refractivity contribution is 7.92.